The molecule has 1 aromatic rings. The molecule has 32 heavy (non-hydrogen) atoms. The van der Waals surface area contributed by atoms with Crippen molar-refractivity contribution in [2.24, 2.45) is 21.8 Å². The number of rotatable bonds is 8. The van der Waals surface area contributed by atoms with Gasteiger partial charge in [0.1, 0.15) is 0 Å². The summed E-state index contributed by atoms with van der Waals surface area (Å²) in [4.78, 5) is 54.4. The lowest BCUT2D eigenvalue weighted by Crippen LogP contribution is -2.36. The summed E-state index contributed by atoms with van der Waals surface area (Å²) in [5.74, 6) is -4.48. The van der Waals surface area contributed by atoms with E-state index in [1.54, 1.807) is 44.2 Å². The highest BCUT2D eigenvalue weighted by molar-refractivity contribution is 6.04. The van der Waals surface area contributed by atoms with Crippen LogP contribution >= 0.6 is 0 Å². The normalized spacial score (nSPS) is 12.2. The van der Waals surface area contributed by atoms with Gasteiger partial charge in [0, 0.05) is 12.4 Å². The van der Waals surface area contributed by atoms with E-state index in [2.05, 4.69) is 19.5 Å². The second-order valence-corrected chi connectivity index (χ2v) is 5.71. The van der Waals surface area contributed by atoms with Crippen molar-refractivity contribution < 1.29 is 28.7 Å². The summed E-state index contributed by atoms with van der Waals surface area (Å²) in [6.07, 6.45) is 0.146. The summed E-state index contributed by atoms with van der Waals surface area (Å²) in [5.41, 5.74) is 0.627. The Hall–Kier alpha value is -4.58. The molecule has 2 N–H and O–H groups in total. The maximum absolute atomic E-state index is 11.9. The van der Waals surface area contributed by atoms with Gasteiger partial charge in [-0.2, -0.15) is 10.5 Å². The highest BCUT2D eigenvalue weighted by atomic mass is 16.6. The number of nitriles is 2. The van der Waals surface area contributed by atoms with Crippen molar-refractivity contribution in [1.82, 2.24) is 10.6 Å². The second kappa shape index (κ2) is 13.6. The quantitative estimate of drug-likeness (QED) is 0.574. The van der Waals surface area contributed by atoms with Crippen molar-refractivity contribution in [2.75, 3.05) is 13.2 Å². The molecule has 2 atom stereocenters. The van der Waals surface area contributed by atoms with Crippen molar-refractivity contribution in [3.63, 3.8) is 0 Å². The number of carbonyl (C=O) groups is 4. The molecule has 0 heterocycles. The zero-order valence-corrected chi connectivity index (χ0v) is 17.3. The Balaban J connectivity index is 2.85. The molecular weight excluding hydrogens is 420 g/mol. The Labute approximate surface area is 183 Å². The molecule has 2 unspecified atom stereocenters. The first-order valence-corrected chi connectivity index (χ1v) is 9.27. The Morgan fingerprint density at radius 1 is 0.906 bits per heavy atom. The van der Waals surface area contributed by atoms with Gasteiger partial charge in [-0.1, -0.05) is 6.07 Å². The first-order chi connectivity index (χ1) is 15.3. The van der Waals surface area contributed by atoms with Crippen molar-refractivity contribution >= 4 is 47.8 Å². The number of nitrogens with zero attached hydrogens (tertiary/aromatic N) is 4. The van der Waals surface area contributed by atoms with Crippen LogP contribution in [-0.4, -0.2) is 49.6 Å². The average molecular weight is 440 g/mol. The van der Waals surface area contributed by atoms with E-state index < -0.39 is 35.8 Å². The summed E-state index contributed by atoms with van der Waals surface area (Å²) >= 11 is 0. The Bertz CT molecular complexity index is 916. The molecule has 0 saturated carbocycles. The van der Waals surface area contributed by atoms with E-state index in [4.69, 9.17) is 10.5 Å². The van der Waals surface area contributed by atoms with E-state index in [0.29, 0.717) is 11.4 Å². The molecule has 0 aliphatic rings. The van der Waals surface area contributed by atoms with Gasteiger partial charge in [0.2, 0.25) is 0 Å². The molecule has 0 aromatic heterocycles. The summed E-state index contributed by atoms with van der Waals surface area (Å²) in [7, 11) is 0. The highest BCUT2D eigenvalue weighted by Crippen LogP contribution is 2.20. The summed E-state index contributed by atoms with van der Waals surface area (Å²) in [5, 5.41) is 22.1. The standard InChI is InChI=1S/C20H20N6O6/c1-3-31-19(29)25-17(27)13(9-21)11-23-15-6-5-7-16(8-15)24-12-14(10-22)18(28)26-20(30)32-4-2/h5-8,11-14H,3-4H2,1-2H3,(H,25,27,29)(H,26,28,30). The number of hydrogen-bond donors (Lipinski definition) is 2. The third-order valence-electron chi connectivity index (χ3n) is 3.42. The molecule has 0 saturated heterocycles. The molecule has 12 heteroatoms. The molecule has 12 nitrogen and oxygen atoms in total. The lowest BCUT2D eigenvalue weighted by Gasteiger charge is -2.05. The molecule has 166 valence electrons. The van der Waals surface area contributed by atoms with E-state index in [0.717, 1.165) is 12.4 Å². The molecular formula is C20H20N6O6. The van der Waals surface area contributed by atoms with Crippen LogP contribution in [-0.2, 0) is 19.1 Å². The van der Waals surface area contributed by atoms with Gasteiger partial charge >= 0.3 is 12.2 Å². The first-order valence-electron chi connectivity index (χ1n) is 9.27. The van der Waals surface area contributed by atoms with Crippen LogP contribution in [0.3, 0.4) is 0 Å². The number of carbonyl (C=O) groups excluding carboxylic acids is 4. The number of nitrogens with one attached hydrogen (secondary N) is 2. The van der Waals surface area contributed by atoms with E-state index >= 15 is 0 Å². The van der Waals surface area contributed by atoms with Crippen LogP contribution < -0.4 is 10.6 Å². The lowest BCUT2D eigenvalue weighted by molar-refractivity contribution is -0.121. The number of aliphatic imine (C=N–C) groups is 2. The third-order valence-corrected chi connectivity index (χ3v) is 3.42. The minimum Gasteiger partial charge on any atom is -0.450 e. The first kappa shape index (κ1) is 25.5. The molecule has 0 aliphatic carbocycles. The third kappa shape index (κ3) is 8.84. The summed E-state index contributed by atoms with van der Waals surface area (Å²) < 4.78 is 9.15. The van der Waals surface area contributed by atoms with E-state index in [1.807, 2.05) is 10.6 Å². The Kier molecular flexibility index (Phi) is 10.8. The largest absolute Gasteiger partial charge is 0.450 e. The number of benzene rings is 1. The zero-order chi connectivity index (χ0) is 23.9. The van der Waals surface area contributed by atoms with Crippen LogP contribution in [0.5, 0.6) is 0 Å². The fraction of sp³-hybridized carbons (Fsp3) is 0.300. The smallest absolute Gasteiger partial charge is 0.413 e. The predicted octanol–water partition coefficient (Wildman–Crippen LogP) is 1.92. The van der Waals surface area contributed by atoms with Crippen LogP contribution in [0.25, 0.3) is 0 Å². The maximum Gasteiger partial charge on any atom is 0.413 e. The van der Waals surface area contributed by atoms with E-state index in [-0.39, 0.29) is 13.2 Å². The fourth-order valence-corrected chi connectivity index (χ4v) is 1.99. The molecule has 0 aliphatic heterocycles. The second-order valence-electron chi connectivity index (χ2n) is 5.71. The van der Waals surface area contributed by atoms with Gasteiger partial charge < -0.3 is 9.47 Å². The van der Waals surface area contributed by atoms with E-state index in [9.17, 15) is 19.2 Å². The number of imide groups is 2. The average Bonchev–Trinajstić information content (AvgIpc) is 2.75. The topological polar surface area (TPSA) is 183 Å². The molecule has 0 radical (unpaired) electrons. The number of alkyl carbamates (subject to hydrolysis) is 2. The van der Waals surface area contributed by atoms with Crippen molar-refractivity contribution in [3.8, 4) is 12.1 Å². The molecule has 0 fully saturated rings. The van der Waals surface area contributed by atoms with Crippen molar-refractivity contribution in [1.29, 1.82) is 10.5 Å². The molecule has 4 amide bonds. The van der Waals surface area contributed by atoms with Crippen LogP contribution in [0, 0.1) is 34.5 Å². The van der Waals surface area contributed by atoms with Gasteiger partial charge in [-0.25, -0.2) is 9.59 Å². The monoisotopic (exact) mass is 440 g/mol. The number of amides is 4. The molecule has 0 bridgehead atoms. The Morgan fingerprint density at radius 2 is 1.31 bits per heavy atom. The fourth-order valence-electron chi connectivity index (χ4n) is 1.99. The maximum atomic E-state index is 11.9. The van der Waals surface area contributed by atoms with E-state index in [1.165, 1.54) is 6.07 Å². The predicted molar refractivity (Wildman–Crippen MR) is 111 cm³/mol. The van der Waals surface area contributed by atoms with Crippen LogP contribution in [0.2, 0.25) is 0 Å². The van der Waals surface area contributed by atoms with Gasteiger partial charge in [0.25, 0.3) is 11.8 Å². The molecule has 0 spiro atoms. The van der Waals surface area contributed by atoms with Gasteiger partial charge in [-0.05, 0) is 32.0 Å². The number of ether oxygens (including phenoxy) is 2. The van der Waals surface area contributed by atoms with Crippen LogP contribution in [0.4, 0.5) is 21.0 Å². The van der Waals surface area contributed by atoms with Gasteiger partial charge in [-0.15, -0.1) is 0 Å². The van der Waals surface area contributed by atoms with Crippen LogP contribution in [0.1, 0.15) is 13.8 Å². The van der Waals surface area contributed by atoms with Gasteiger partial charge in [-0.3, -0.25) is 30.2 Å². The van der Waals surface area contributed by atoms with Gasteiger partial charge in [0.15, 0.2) is 11.8 Å². The summed E-state index contributed by atoms with van der Waals surface area (Å²) in [6, 6.07) is 9.55. The number of hydrogen-bond acceptors (Lipinski definition) is 10. The minimum absolute atomic E-state index is 0.0644. The van der Waals surface area contributed by atoms with Crippen LogP contribution in [0.15, 0.2) is 34.3 Å². The van der Waals surface area contributed by atoms with Crippen molar-refractivity contribution in [2.45, 2.75) is 13.8 Å². The minimum atomic E-state index is -1.35. The summed E-state index contributed by atoms with van der Waals surface area (Å²) in [6.45, 7) is 3.26. The molecule has 1 aromatic carbocycles. The lowest BCUT2D eigenvalue weighted by atomic mass is 10.2. The molecule has 1 rings (SSSR count). The van der Waals surface area contributed by atoms with Gasteiger partial charge in [0.05, 0.1) is 36.7 Å². The van der Waals surface area contributed by atoms with Crippen molar-refractivity contribution in [3.05, 3.63) is 24.3 Å². The zero-order valence-electron chi connectivity index (χ0n) is 17.3. The highest BCUT2D eigenvalue weighted by Gasteiger charge is 2.19. The Morgan fingerprint density at radius 3 is 1.66 bits per heavy atom. The SMILES string of the molecule is CCOC(=O)NC(=O)C(C#N)C=Nc1cccc(N=CC(C#N)C(=O)NC(=O)OCC)c1.